The monoisotopic (exact) mass is 196 g/mol. The lowest BCUT2D eigenvalue weighted by Crippen LogP contribution is -2.45. The van der Waals surface area contributed by atoms with Crippen molar-refractivity contribution in [3.05, 3.63) is 0 Å². The summed E-state index contributed by atoms with van der Waals surface area (Å²) in [4.78, 5) is 14.0. The second-order valence-corrected chi connectivity index (χ2v) is 4.59. The van der Waals surface area contributed by atoms with Crippen LogP contribution in [0.2, 0.25) is 0 Å². The van der Waals surface area contributed by atoms with Crippen molar-refractivity contribution in [3.63, 3.8) is 0 Å². The van der Waals surface area contributed by atoms with E-state index in [4.69, 9.17) is 0 Å². The number of hydrogen-bond donors (Lipinski definition) is 1. The third-order valence-corrected chi connectivity index (χ3v) is 3.91. The van der Waals surface area contributed by atoms with Crippen LogP contribution in [0.1, 0.15) is 32.6 Å². The van der Waals surface area contributed by atoms with Gasteiger partial charge in [0, 0.05) is 12.6 Å². The molecule has 2 unspecified atom stereocenters. The summed E-state index contributed by atoms with van der Waals surface area (Å²) in [6.45, 7) is 3.15. The van der Waals surface area contributed by atoms with Gasteiger partial charge in [-0.2, -0.15) is 0 Å². The zero-order valence-corrected chi connectivity index (χ0v) is 9.12. The topological polar surface area (TPSA) is 32.3 Å². The van der Waals surface area contributed by atoms with Gasteiger partial charge < -0.3 is 10.2 Å². The van der Waals surface area contributed by atoms with Crippen molar-refractivity contribution >= 4 is 5.91 Å². The van der Waals surface area contributed by atoms with E-state index in [9.17, 15) is 4.79 Å². The molecular weight excluding hydrogens is 176 g/mol. The van der Waals surface area contributed by atoms with E-state index >= 15 is 0 Å². The fourth-order valence-corrected chi connectivity index (χ4v) is 2.55. The molecule has 2 rings (SSSR count). The molecule has 0 aromatic carbocycles. The van der Waals surface area contributed by atoms with E-state index in [0.29, 0.717) is 11.9 Å². The predicted octanol–water partition coefficient (Wildman–Crippen LogP) is 0.995. The van der Waals surface area contributed by atoms with Crippen LogP contribution in [0.15, 0.2) is 0 Å². The molecular formula is C11H20N2O. The maximum atomic E-state index is 11.9. The summed E-state index contributed by atoms with van der Waals surface area (Å²) in [5, 5.41) is 3.08. The molecule has 0 spiro atoms. The van der Waals surface area contributed by atoms with Crippen LogP contribution in [0.25, 0.3) is 0 Å². The van der Waals surface area contributed by atoms with Gasteiger partial charge >= 0.3 is 0 Å². The highest BCUT2D eigenvalue weighted by Crippen LogP contribution is 2.33. The number of hydrogen-bond acceptors (Lipinski definition) is 2. The third-order valence-electron chi connectivity index (χ3n) is 3.91. The number of nitrogens with one attached hydrogen (secondary N) is 1. The quantitative estimate of drug-likeness (QED) is 0.730. The third kappa shape index (κ3) is 1.54. The van der Waals surface area contributed by atoms with Gasteiger partial charge in [0.25, 0.3) is 0 Å². The Hall–Kier alpha value is -0.570. The number of nitrogens with zero attached hydrogens (tertiary/aromatic N) is 1. The molecule has 14 heavy (non-hydrogen) atoms. The summed E-state index contributed by atoms with van der Waals surface area (Å²) in [6.07, 6.45) is 4.96. The van der Waals surface area contributed by atoms with Crippen molar-refractivity contribution in [3.8, 4) is 0 Å². The Kier molecular flexibility index (Phi) is 2.77. The number of rotatable bonds is 3. The Bertz CT molecular complexity index is 225. The Balaban J connectivity index is 1.94. The maximum absolute atomic E-state index is 11.9. The Morgan fingerprint density at radius 3 is 2.57 bits per heavy atom. The first kappa shape index (κ1) is 9.97. The lowest BCUT2D eigenvalue weighted by molar-refractivity contribution is -0.132. The molecule has 1 aliphatic carbocycles. The lowest BCUT2D eigenvalue weighted by Gasteiger charge is -2.37. The summed E-state index contributed by atoms with van der Waals surface area (Å²) < 4.78 is 0. The van der Waals surface area contributed by atoms with Crippen LogP contribution < -0.4 is 5.32 Å². The van der Waals surface area contributed by atoms with Crippen molar-refractivity contribution in [2.45, 2.75) is 44.7 Å². The van der Waals surface area contributed by atoms with Gasteiger partial charge in [0.2, 0.25) is 5.91 Å². The van der Waals surface area contributed by atoms with E-state index in [2.05, 4.69) is 17.1 Å². The van der Waals surface area contributed by atoms with Crippen molar-refractivity contribution in [2.24, 2.45) is 5.92 Å². The van der Waals surface area contributed by atoms with Crippen molar-refractivity contribution in [2.75, 3.05) is 13.6 Å². The number of carbonyl (C=O) groups is 1. The van der Waals surface area contributed by atoms with E-state index in [1.807, 2.05) is 7.05 Å². The highest BCUT2D eigenvalue weighted by molar-refractivity contribution is 5.84. The van der Waals surface area contributed by atoms with Gasteiger partial charge in [-0.3, -0.25) is 4.79 Å². The van der Waals surface area contributed by atoms with E-state index < -0.39 is 0 Å². The minimum atomic E-state index is 0.0810. The van der Waals surface area contributed by atoms with Crippen molar-refractivity contribution in [1.82, 2.24) is 10.2 Å². The summed E-state index contributed by atoms with van der Waals surface area (Å²) >= 11 is 0. The van der Waals surface area contributed by atoms with Gasteiger partial charge in [0.15, 0.2) is 0 Å². The van der Waals surface area contributed by atoms with Crippen LogP contribution in [0.4, 0.5) is 0 Å². The van der Waals surface area contributed by atoms with Gasteiger partial charge in [-0.15, -0.1) is 0 Å². The van der Waals surface area contributed by atoms with Gasteiger partial charge in [-0.1, -0.05) is 6.42 Å². The van der Waals surface area contributed by atoms with E-state index in [-0.39, 0.29) is 6.04 Å². The molecule has 0 aromatic heterocycles. The average Bonchev–Trinajstić information content (AvgIpc) is 2.43. The molecule has 1 N–H and O–H groups in total. The van der Waals surface area contributed by atoms with Gasteiger partial charge in [-0.25, -0.2) is 0 Å². The lowest BCUT2D eigenvalue weighted by atomic mass is 9.80. The molecule has 0 bridgehead atoms. The molecule has 2 aliphatic rings. The zero-order valence-electron chi connectivity index (χ0n) is 9.12. The maximum Gasteiger partial charge on any atom is 0.240 e. The number of amides is 1. The largest absolute Gasteiger partial charge is 0.338 e. The smallest absolute Gasteiger partial charge is 0.240 e. The first-order valence-corrected chi connectivity index (χ1v) is 5.71. The van der Waals surface area contributed by atoms with Gasteiger partial charge in [0.05, 0.1) is 6.04 Å². The summed E-state index contributed by atoms with van der Waals surface area (Å²) in [6, 6.07) is 0.548. The molecule has 1 heterocycles. The van der Waals surface area contributed by atoms with Crippen molar-refractivity contribution < 1.29 is 4.79 Å². The van der Waals surface area contributed by atoms with Crippen LogP contribution in [0.3, 0.4) is 0 Å². The highest BCUT2D eigenvalue weighted by Gasteiger charge is 2.37. The number of likely N-dealkylation sites (tertiary alicyclic amines) is 1. The van der Waals surface area contributed by atoms with Crippen LogP contribution in [-0.2, 0) is 4.79 Å². The molecule has 0 radical (unpaired) electrons. The van der Waals surface area contributed by atoms with E-state index in [0.717, 1.165) is 18.9 Å². The Morgan fingerprint density at radius 1 is 1.43 bits per heavy atom. The van der Waals surface area contributed by atoms with Crippen LogP contribution in [0.5, 0.6) is 0 Å². The second-order valence-electron chi connectivity index (χ2n) is 4.59. The SMILES string of the molecule is CNC1CCN(C(C)C2CCC2)C1=O. The molecule has 0 aromatic rings. The first-order chi connectivity index (χ1) is 6.74. The molecule has 1 amide bonds. The van der Waals surface area contributed by atoms with Gasteiger partial charge in [0.1, 0.15) is 0 Å². The van der Waals surface area contributed by atoms with Crippen LogP contribution >= 0.6 is 0 Å². The summed E-state index contributed by atoms with van der Waals surface area (Å²) in [7, 11) is 1.88. The minimum Gasteiger partial charge on any atom is -0.338 e. The standard InChI is InChI=1S/C11H20N2O/c1-8(9-4-3-5-9)13-7-6-10(12-2)11(13)14/h8-10,12H,3-7H2,1-2H3. The summed E-state index contributed by atoms with van der Waals surface area (Å²) in [5.74, 6) is 1.08. The average molecular weight is 196 g/mol. The molecule has 2 atom stereocenters. The number of likely N-dealkylation sites (N-methyl/N-ethyl adjacent to an activating group) is 1. The molecule has 1 aliphatic heterocycles. The normalized spacial score (nSPS) is 30.6. The summed E-state index contributed by atoms with van der Waals surface area (Å²) in [5.41, 5.74) is 0. The second kappa shape index (κ2) is 3.89. The van der Waals surface area contributed by atoms with E-state index in [1.54, 1.807) is 0 Å². The zero-order chi connectivity index (χ0) is 10.1. The molecule has 1 saturated carbocycles. The molecule has 3 heteroatoms. The number of carbonyl (C=O) groups excluding carboxylic acids is 1. The van der Waals surface area contributed by atoms with Crippen molar-refractivity contribution in [1.29, 1.82) is 0 Å². The fourth-order valence-electron chi connectivity index (χ4n) is 2.55. The Morgan fingerprint density at radius 2 is 2.14 bits per heavy atom. The van der Waals surface area contributed by atoms with Crippen LogP contribution in [0, 0.1) is 5.92 Å². The molecule has 80 valence electrons. The van der Waals surface area contributed by atoms with E-state index in [1.165, 1.54) is 19.3 Å². The minimum absolute atomic E-state index is 0.0810. The first-order valence-electron chi connectivity index (χ1n) is 5.71. The predicted molar refractivity (Wildman–Crippen MR) is 56.0 cm³/mol. The molecule has 1 saturated heterocycles. The highest BCUT2D eigenvalue weighted by atomic mass is 16.2. The fraction of sp³-hybridized carbons (Fsp3) is 0.909. The Labute approximate surface area is 85.8 Å². The van der Waals surface area contributed by atoms with Crippen LogP contribution in [-0.4, -0.2) is 36.5 Å². The van der Waals surface area contributed by atoms with Gasteiger partial charge in [-0.05, 0) is 39.2 Å². The molecule has 3 nitrogen and oxygen atoms in total. The molecule has 2 fully saturated rings.